The third kappa shape index (κ3) is 5.81. The molecule has 2 aromatic rings. The lowest BCUT2D eigenvalue weighted by atomic mass is 9.87. The summed E-state index contributed by atoms with van der Waals surface area (Å²) in [6.45, 7) is 5.24. The van der Waals surface area contributed by atoms with E-state index in [4.69, 9.17) is 4.74 Å². The van der Waals surface area contributed by atoms with Crippen LogP contribution in [0.25, 0.3) is 0 Å². The predicted octanol–water partition coefficient (Wildman–Crippen LogP) is 7.45. The van der Waals surface area contributed by atoms with Gasteiger partial charge in [-0.25, -0.2) is 0 Å². The third-order valence-electron chi connectivity index (χ3n) is 5.54. The van der Waals surface area contributed by atoms with Crippen LogP contribution in [0.15, 0.2) is 30.3 Å². The molecule has 0 aliphatic rings. The van der Waals surface area contributed by atoms with E-state index in [1.165, 1.54) is 13.0 Å². The normalized spacial score (nSPS) is 12.7. The summed E-state index contributed by atoms with van der Waals surface area (Å²) in [5.41, 5.74) is -4.24. The average Bonchev–Trinajstić information content (AvgIpc) is 2.73. The molecule has 0 heterocycles. The molecule has 0 bridgehead atoms. The van der Waals surface area contributed by atoms with E-state index in [0.717, 1.165) is 19.2 Å². The number of carbonyl (C=O) groups excluding carboxylic acids is 1. The number of hydrogen-bond acceptors (Lipinski definition) is 4. The number of Topliss-reactive ketones (excluding diaryl/α,β-unsaturated/α-hetero) is 1. The van der Waals surface area contributed by atoms with Crippen LogP contribution in [0.4, 0.5) is 26.3 Å². The van der Waals surface area contributed by atoms with E-state index in [2.05, 4.69) is 9.47 Å². The highest BCUT2D eigenvalue weighted by Gasteiger charge is 2.73. The molecule has 0 N–H and O–H groups in total. The summed E-state index contributed by atoms with van der Waals surface area (Å²) in [5, 5.41) is 0. The first kappa shape index (κ1) is 28.6. The van der Waals surface area contributed by atoms with Crippen LogP contribution in [0.3, 0.4) is 0 Å². The van der Waals surface area contributed by atoms with Crippen LogP contribution < -0.4 is 4.74 Å². The van der Waals surface area contributed by atoms with Gasteiger partial charge in [-0.2, -0.15) is 26.3 Å². The maximum Gasteiger partial charge on any atom is 0.430 e. The van der Waals surface area contributed by atoms with E-state index >= 15 is 0 Å². The molecule has 2 rings (SSSR count). The van der Waals surface area contributed by atoms with Crippen molar-refractivity contribution in [3.8, 4) is 11.5 Å². The van der Waals surface area contributed by atoms with E-state index < -0.39 is 30.3 Å². The first-order valence-electron chi connectivity index (χ1n) is 11.0. The number of ketones is 1. The lowest BCUT2D eigenvalue weighted by Crippen LogP contribution is -2.56. The summed E-state index contributed by atoms with van der Waals surface area (Å²) in [6.07, 6.45) is -10.9. The summed E-state index contributed by atoms with van der Waals surface area (Å²) < 4.78 is 99.2. The second kappa shape index (κ2) is 11.0. The first-order chi connectivity index (χ1) is 16.2. The van der Waals surface area contributed by atoms with Gasteiger partial charge in [-0.05, 0) is 73.7 Å². The second-order valence-electron chi connectivity index (χ2n) is 8.09. The Morgan fingerprint density at radius 1 is 0.943 bits per heavy atom. The van der Waals surface area contributed by atoms with Crippen LogP contribution in [0.2, 0.25) is 0 Å². The maximum absolute atomic E-state index is 14.1. The number of halogens is 6. The fourth-order valence-corrected chi connectivity index (χ4v) is 3.90. The summed E-state index contributed by atoms with van der Waals surface area (Å²) >= 11 is 0. The predicted molar refractivity (Wildman–Crippen MR) is 118 cm³/mol. The zero-order chi connectivity index (χ0) is 26.6. The van der Waals surface area contributed by atoms with Crippen LogP contribution in [0.1, 0.15) is 59.8 Å². The minimum atomic E-state index is -5.82. The highest BCUT2D eigenvalue weighted by molar-refractivity contribution is 5.95. The number of rotatable bonds is 10. The Labute approximate surface area is 200 Å². The molecule has 0 fully saturated rings. The highest BCUT2D eigenvalue weighted by atomic mass is 19.4. The smallest absolute Gasteiger partial charge is 0.430 e. The van der Waals surface area contributed by atoms with Crippen LogP contribution in [0.5, 0.6) is 11.5 Å². The Bertz CT molecular complexity index is 1030. The molecule has 35 heavy (non-hydrogen) atoms. The van der Waals surface area contributed by atoms with Crippen molar-refractivity contribution >= 4 is 5.78 Å². The molecule has 0 unspecified atom stereocenters. The summed E-state index contributed by atoms with van der Waals surface area (Å²) in [6, 6.07) is 6.35. The van der Waals surface area contributed by atoms with Gasteiger partial charge in [0, 0.05) is 18.2 Å². The molecule has 0 atom stereocenters. The number of benzene rings is 2. The Balaban J connectivity index is 2.76. The molecule has 0 saturated heterocycles. The molecule has 10 heteroatoms. The molecule has 0 amide bonds. The van der Waals surface area contributed by atoms with Gasteiger partial charge in [-0.1, -0.05) is 20.3 Å². The van der Waals surface area contributed by atoms with Gasteiger partial charge in [0.05, 0.1) is 0 Å². The summed E-state index contributed by atoms with van der Waals surface area (Å²) in [7, 11) is 0.938. The van der Waals surface area contributed by atoms with E-state index in [-0.39, 0.29) is 35.5 Å². The van der Waals surface area contributed by atoms with Crippen molar-refractivity contribution in [1.82, 2.24) is 0 Å². The SMILES string of the molecule is CCCc1cc(C(OCOC)(C(F)(F)F)C(F)(F)F)cc(CC)c1Oc1ccc(C(C)=O)c(C)c1. The van der Waals surface area contributed by atoms with Gasteiger partial charge in [-0.15, -0.1) is 0 Å². The maximum atomic E-state index is 14.1. The van der Waals surface area contributed by atoms with Gasteiger partial charge in [-0.3, -0.25) is 4.79 Å². The van der Waals surface area contributed by atoms with Crippen LogP contribution in [0, 0.1) is 6.92 Å². The lowest BCUT2D eigenvalue weighted by Gasteiger charge is -2.37. The van der Waals surface area contributed by atoms with Crippen molar-refractivity contribution in [1.29, 1.82) is 0 Å². The molecule has 0 aliphatic heterocycles. The van der Waals surface area contributed by atoms with Crippen molar-refractivity contribution in [3.63, 3.8) is 0 Å². The monoisotopic (exact) mass is 506 g/mol. The second-order valence-corrected chi connectivity index (χ2v) is 8.09. The van der Waals surface area contributed by atoms with Gasteiger partial charge in [0.25, 0.3) is 5.60 Å². The minimum Gasteiger partial charge on any atom is -0.457 e. The molecule has 0 radical (unpaired) electrons. The molecule has 194 valence electrons. The number of methoxy groups -OCH3 is 1. The van der Waals surface area contributed by atoms with Crippen molar-refractivity contribution in [2.45, 2.75) is 64.9 Å². The fraction of sp³-hybridized carbons (Fsp3) is 0.480. The zero-order valence-electron chi connectivity index (χ0n) is 20.1. The topological polar surface area (TPSA) is 44.8 Å². The van der Waals surface area contributed by atoms with Crippen LogP contribution in [-0.2, 0) is 27.9 Å². The van der Waals surface area contributed by atoms with Crippen molar-refractivity contribution in [2.75, 3.05) is 13.9 Å². The van der Waals surface area contributed by atoms with Gasteiger partial charge in [0.1, 0.15) is 18.3 Å². The van der Waals surface area contributed by atoms with Crippen LogP contribution >= 0.6 is 0 Å². The zero-order valence-corrected chi connectivity index (χ0v) is 20.1. The third-order valence-corrected chi connectivity index (χ3v) is 5.54. The number of hydrogen-bond donors (Lipinski definition) is 0. The van der Waals surface area contributed by atoms with Gasteiger partial charge in [0.15, 0.2) is 5.78 Å². The van der Waals surface area contributed by atoms with Crippen molar-refractivity contribution < 1.29 is 45.3 Å². The fourth-order valence-electron chi connectivity index (χ4n) is 3.90. The number of carbonyl (C=O) groups is 1. The molecular formula is C25H28F6O4. The Hall–Kier alpha value is -2.59. The van der Waals surface area contributed by atoms with Crippen molar-refractivity contribution in [2.24, 2.45) is 0 Å². The Morgan fingerprint density at radius 2 is 1.54 bits per heavy atom. The Kier molecular flexibility index (Phi) is 8.99. The highest BCUT2D eigenvalue weighted by Crippen LogP contribution is 2.54. The molecule has 0 saturated carbocycles. The van der Waals surface area contributed by atoms with E-state index in [1.54, 1.807) is 32.9 Å². The number of aryl methyl sites for hydroxylation is 3. The van der Waals surface area contributed by atoms with Crippen LogP contribution in [-0.4, -0.2) is 32.0 Å². The molecule has 4 nitrogen and oxygen atoms in total. The molecule has 2 aromatic carbocycles. The number of ether oxygens (including phenoxy) is 3. The van der Waals surface area contributed by atoms with Gasteiger partial charge >= 0.3 is 12.4 Å². The van der Waals surface area contributed by atoms with Gasteiger partial charge < -0.3 is 14.2 Å². The molecule has 0 aliphatic carbocycles. The largest absolute Gasteiger partial charge is 0.457 e. The molecule has 0 aromatic heterocycles. The number of alkyl halides is 6. The van der Waals surface area contributed by atoms with Gasteiger partial charge in [0.2, 0.25) is 0 Å². The van der Waals surface area contributed by atoms with E-state index in [1.807, 2.05) is 0 Å². The minimum absolute atomic E-state index is 0.0977. The standard InChI is InChI=1S/C25H28F6O4/c1-6-8-18-13-19(23(24(26,27)28,25(29,30)31)34-14-33-5)12-17(7-2)22(18)35-20-9-10-21(16(4)32)15(3)11-20/h9-13H,6-8,14H2,1-5H3. The quantitative estimate of drug-likeness (QED) is 0.191. The lowest BCUT2D eigenvalue weighted by molar-refractivity contribution is -0.400. The van der Waals surface area contributed by atoms with E-state index in [9.17, 15) is 31.1 Å². The average molecular weight is 506 g/mol. The summed E-state index contributed by atoms with van der Waals surface area (Å²) in [5.74, 6) is 0.338. The molecule has 0 spiro atoms. The Morgan fingerprint density at radius 3 is 2.00 bits per heavy atom. The molecular weight excluding hydrogens is 478 g/mol. The van der Waals surface area contributed by atoms with E-state index in [0.29, 0.717) is 23.3 Å². The first-order valence-corrected chi connectivity index (χ1v) is 11.0. The summed E-state index contributed by atoms with van der Waals surface area (Å²) in [4.78, 5) is 11.7. The van der Waals surface area contributed by atoms with Crippen molar-refractivity contribution in [3.05, 3.63) is 58.1 Å².